The van der Waals surface area contributed by atoms with Gasteiger partial charge in [-0.1, -0.05) is 52.3 Å². The summed E-state index contributed by atoms with van der Waals surface area (Å²) in [5.41, 5.74) is 0.491. The normalized spacial score (nSPS) is 12.2. The van der Waals surface area contributed by atoms with E-state index in [-0.39, 0.29) is 11.1 Å². The number of halogens is 1. The molecule has 0 saturated carbocycles. The summed E-state index contributed by atoms with van der Waals surface area (Å²) in [6, 6.07) is 21.8. The summed E-state index contributed by atoms with van der Waals surface area (Å²) in [5, 5.41) is 12.2. The molecule has 0 aliphatic heterocycles. The topological polar surface area (TPSA) is 119 Å². The second kappa shape index (κ2) is 11.1. The van der Waals surface area contributed by atoms with Gasteiger partial charge in [-0.25, -0.2) is 14.4 Å². The number of benzene rings is 3. The summed E-state index contributed by atoms with van der Waals surface area (Å²) in [6.45, 7) is 0. The number of carboxylic acid groups (broad SMARTS) is 1. The summed E-state index contributed by atoms with van der Waals surface area (Å²) >= 11 is 3.27. The lowest BCUT2D eigenvalue weighted by Crippen LogP contribution is -2.48. The Kier molecular flexibility index (Phi) is 7.93. The molecule has 0 radical (unpaired) electrons. The lowest BCUT2D eigenvalue weighted by atomic mass is 10.1. The van der Waals surface area contributed by atoms with Crippen LogP contribution in [-0.4, -0.2) is 41.1 Å². The predicted molar refractivity (Wildman–Crippen MR) is 122 cm³/mol. The second-order valence-electron chi connectivity index (χ2n) is 6.72. The van der Waals surface area contributed by atoms with E-state index in [2.05, 4.69) is 21.2 Å². The zero-order valence-corrected chi connectivity index (χ0v) is 18.6. The van der Waals surface area contributed by atoms with Crippen LogP contribution in [0, 0.1) is 0 Å². The minimum atomic E-state index is -2.10. The van der Waals surface area contributed by atoms with E-state index in [1.54, 1.807) is 60.7 Å². The Morgan fingerprint density at radius 2 is 1.15 bits per heavy atom. The predicted octanol–water partition coefficient (Wildman–Crippen LogP) is 3.92. The van der Waals surface area contributed by atoms with E-state index < -0.39 is 36.0 Å². The minimum absolute atomic E-state index is 0.0743. The van der Waals surface area contributed by atoms with Gasteiger partial charge in [-0.2, -0.15) is 0 Å². The molecule has 1 amide bonds. The summed E-state index contributed by atoms with van der Waals surface area (Å²) in [5.74, 6) is -4.57. The number of carbonyl (C=O) groups excluding carboxylic acids is 3. The van der Waals surface area contributed by atoms with Gasteiger partial charge in [0, 0.05) is 10.2 Å². The number of ether oxygens (including phenoxy) is 2. The number of amides is 1. The van der Waals surface area contributed by atoms with E-state index >= 15 is 0 Å². The molecule has 0 saturated heterocycles. The van der Waals surface area contributed by atoms with Crippen LogP contribution in [0.3, 0.4) is 0 Å². The van der Waals surface area contributed by atoms with Crippen molar-refractivity contribution in [2.75, 3.05) is 5.32 Å². The fourth-order valence-electron chi connectivity index (χ4n) is 2.76. The van der Waals surface area contributed by atoms with Crippen molar-refractivity contribution in [3.8, 4) is 0 Å². The zero-order chi connectivity index (χ0) is 23.8. The number of nitrogens with one attached hydrogen (secondary N) is 1. The van der Waals surface area contributed by atoms with Gasteiger partial charge < -0.3 is 19.9 Å². The maximum atomic E-state index is 13.0. The van der Waals surface area contributed by atoms with Crippen LogP contribution in [0.5, 0.6) is 0 Å². The molecule has 33 heavy (non-hydrogen) atoms. The second-order valence-corrected chi connectivity index (χ2v) is 7.63. The maximum Gasteiger partial charge on any atom is 0.349 e. The van der Waals surface area contributed by atoms with Crippen LogP contribution >= 0.6 is 15.9 Å². The van der Waals surface area contributed by atoms with Crippen LogP contribution in [0.1, 0.15) is 20.7 Å². The number of aliphatic carboxylic acids is 1. The molecule has 2 atom stereocenters. The Morgan fingerprint density at radius 1 is 0.697 bits per heavy atom. The van der Waals surface area contributed by atoms with Gasteiger partial charge in [-0.3, -0.25) is 4.79 Å². The number of anilines is 1. The monoisotopic (exact) mass is 511 g/mol. The number of hydrogen-bond donors (Lipinski definition) is 2. The molecule has 168 valence electrons. The van der Waals surface area contributed by atoms with Crippen molar-refractivity contribution in [1.82, 2.24) is 0 Å². The van der Waals surface area contributed by atoms with Gasteiger partial charge in [0.05, 0.1) is 11.1 Å². The number of esters is 2. The van der Waals surface area contributed by atoms with Gasteiger partial charge in [0.1, 0.15) is 0 Å². The first-order chi connectivity index (χ1) is 15.8. The molecule has 3 aromatic rings. The van der Waals surface area contributed by atoms with Crippen LogP contribution in [0.25, 0.3) is 0 Å². The molecule has 0 aliphatic rings. The molecule has 0 aromatic heterocycles. The highest BCUT2D eigenvalue weighted by atomic mass is 79.9. The molecule has 3 rings (SSSR count). The number of carboxylic acids is 1. The number of carbonyl (C=O) groups is 4. The van der Waals surface area contributed by atoms with E-state index in [1.165, 1.54) is 24.3 Å². The van der Waals surface area contributed by atoms with Gasteiger partial charge in [0.25, 0.3) is 5.91 Å². The van der Waals surface area contributed by atoms with E-state index in [0.29, 0.717) is 5.69 Å². The summed E-state index contributed by atoms with van der Waals surface area (Å²) in [6.07, 6.45) is -4.06. The van der Waals surface area contributed by atoms with Crippen LogP contribution in [-0.2, 0) is 19.1 Å². The van der Waals surface area contributed by atoms with E-state index in [1.807, 2.05) is 0 Å². The summed E-state index contributed by atoms with van der Waals surface area (Å²) < 4.78 is 11.1. The highest BCUT2D eigenvalue weighted by Gasteiger charge is 2.41. The average molecular weight is 512 g/mol. The molecular weight excluding hydrogens is 494 g/mol. The van der Waals surface area contributed by atoms with Gasteiger partial charge in [0.2, 0.25) is 12.2 Å². The summed E-state index contributed by atoms with van der Waals surface area (Å²) in [4.78, 5) is 50.0. The molecule has 0 heterocycles. The first-order valence-corrected chi connectivity index (χ1v) is 10.5. The minimum Gasteiger partial charge on any atom is -0.478 e. The van der Waals surface area contributed by atoms with Gasteiger partial charge in [-0.15, -0.1) is 0 Å². The Hall–Kier alpha value is -3.98. The molecule has 0 unspecified atom stereocenters. The zero-order valence-electron chi connectivity index (χ0n) is 17.0. The Labute approximate surface area is 197 Å². The van der Waals surface area contributed by atoms with Crippen LogP contribution < -0.4 is 5.32 Å². The van der Waals surface area contributed by atoms with Crippen molar-refractivity contribution >= 4 is 45.4 Å². The smallest absolute Gasteiger partial charge is 0.349 e. The van der Waals surface area contributed by atoms with Crippen molar-refractivity contribution in [2.24, 2.45) is 0 Å². The first kappa shape index (κ1) is 23.7. The maximum absolute atomic E-state index is 13.0. The van der Waals surface area contributed by atoms with E-state index in [0.717, 1.165) is 4.47 Å². The Morgan fingerprint density at radius 3 is 1.61 bits per heavy atom. The highest BCUT2D eigenvalue weighted by molar-refractivity contribution is 9.10. The molecule has 9 heteroatoms. The number of rotatable bonds is 8. The molecule has 3 aromatic carbocycles. The number of hydrogen-bond acceptors (Lipinski definition) is 6. The van der Waals surface area contributed by atoms with Crippen molar-refractivity contribution < 1.29 is 33.8 Å². The average Bonchev–Trinajstić information content (AvgIpc) is 2.83. The molecule has 8 nitrogen and oxygen atoms in total. The lowest BCUT2D eigenvalue weighted by molar-refractivity contribution is -0.157. The van der Waals surface area contributed by atoms with Crippen molar-refractivity contribution in [3.05, 3.63) is 101 Å². The fraction of sp³-hybridized carbons (Fsp3) is 0.0833. The van der Waals surface area contributed by atoms with Crippen LogP contribution in [0.4, 0.5) is 5.69 Å². The molecular formula is C24H18BrNO7. The SMILES string of the molecule is O=C(O[C@H](C(=O)Nc1ccc(Br)cc1)[C@@H](OC(=O)c1ccccc1)C(=O)O)c1ccccc1. The third-order valence-corrected chi connectivity index (χ3v) is 4.90. The van der Waals surface area contributed by atoms with Gasteiger partial charge >= 0.3 is 17.9 Å². The largest absolute Gasteiger partial charge is 0.478 e. The van der Waals surface area contributed by atoms with Crippen LogP contribution in [0.2, 0.25) is 0 Å². The quantitative estimate of drug-likeness (QED) is 0.439. The fourth-order valence-corrected chi connectivity index (χ4v) is 3.02. The standard InChI is InChI=1S/C24H18BrNO7/c25-17-11-13-18(14-12-17)26-21(27)19(32-23(30)15-7-3-1-4-8-15)20(22(28)29)33-24(31)16-9-5-2-6-10-16/h1-14,19-20H,(H,26,27)(H,28,29)/t19-,20+/m0/s1. The van der Waals surface area contributed by atoms with Crippen molar-refractivity contribution in [1.29, 1.82) is 0 Å². The molecule has 0 spiro atoms. The van der Waals surface area contributed by atoms with Gasteiger partial charge in [-0.05, 0) is 48.5 Å². The third-order valence-electron chi connectivity index (χ3n) is 4.38. The molecule has 0 bridgehead atoms. The summed E-state index contributed by atoms with van der Waals surface area (Å²) in [7, 11) is 0. The molecule has 0 aliphatic carbocycles. The first-order valence-electron chi connectivity index (χ1n) is 9.66. The highest BCUT2D eigenvalue weighted by Crippen LogP contribution is 2.18. The van der Waals surface area contributed by atoms with Gasteiger partial charge in [0.15, 0.2) is 0 Å². The molecule has 2 N–H and O–H groups in total. The third kappa shape index (κ3) is 6.50. The van der Waals surface area contributed by atoms with Crippen molar-refractivity contribution in [2.45, 2.75) is 12.2 Å². The van der Waals surface area contributed by atoms with Crippen molar-refractivity contribution in [3.63, 3.8) is 0 Å². The Balaban J connectivity index is 1.89. The lowest BCUT2D eigenvalue weighted by Gasteiger charge is -2.23. The van der Waals surface area contributed by atoms with Crippen LogP contribution in [0.15, 0.2) is 89.4 Å². The Bertz CT molecular complexity index is 1130. The molecule has 0 fully saturated rings. The van der Waals surface area contributed by atoms with E-state index in [4.69, 9.17) is 9.47 Å². The van der Waals surface area contributed by atoms with E-state index in [9.17, 15) is 24.3 Å².